The zero-order valence-electron chi connectivity index (χ0n) is 10.9. The summed E-state index contributed by atoms with van der Waals surface area (Å²) < 4.78 is 0. The first-order valence-corrected chi connectivity index (χ1v) is 5.74. The third-order valence-electron chi connectivity index (χ3n) is 2.00. The molecule has 0 radical (unpaired) electrons. The summed E-state index contributed by atoms with van der Waals surface area (Å²) in [4.78, 5) is 8.66. The first kappa shape index (κ1) is 12.7. The van der Waals surface area contributed by atoms with Gasteiger partial charge in [0.2, 0.25) is 0 Å². The van der Waals surface area contributed by atoms with Crippen LogP contribution < -0.4 is 10.6 Å². The van der Waals surface area contributed by atoms with Crippen LogP contribution in [0.5, 0.6) is 0 Å². The molecule has 0 spiro atoms. The summed E-state index contributed by atoms with van der Waals surface area (Å²) in [5.74, 6) is 2.56. The van der Waals surface area contributed by atoms with E-state index in [2.05, 4.69) is 48.3 Å². The summed E-state index contributed by atoms with van der Waals surface area (Å²) in [7, 11) is 0. The van der Waals surface area contributed by atoms with Crippen molar-refractivity contribution in [2.24, 2.45) is 5.41 Å². The number of aromatic nitrogens is 2. The van der Waals surface area contributed by atoms with Crippen molar-refractivity contribution in [2.75, 3.05) is 23.7 Å². The van der Waals surface area contributed by atoms with Crippen molar-refractivity contribution in [3.8, 4) is 0 Å². The fourth-order valence-corrected chi connectivity index (χ4v) is 1.29. The van der Waals surface area contributed by atoms with Crippen LogP contribution in [0.25, 0.3) is 0 Å². The van der Waals surface area contributed by atoms with E-state index in [1.54, 1.807) is 0 Å². The summed E-state index contributed by atoms with van der Waals surface area (Å²) in [6.07, 6.45) is 0. The van der Waals surface area contributed by atoms with Crippen LogP contribution in [0.15, 0.2) is 6.07 Å². The molecule has 4 nitrogen and oxygen atoms in total. The maximum Gasteiger partial charge on any atom is 0.131 e. The van der Waals surface area contributed by atoms with Gasteiger partial charge in [-0.25, -0.2) is 9.97 Å². The summed E-state index contributed by atoms with van der Waals surface area (Å²) in [6, 6.07) is 1.95. The normalized spacial score (nSPS) is 11.3. The maximum absolute atomic E-state index is 4.36. The molecule has 0 saturated heterocycles. The summed E-state index contributed by atoms with van der Waals surface area (Å²) in [6.45, 7) is 12.3. The molecule has 0 aliphatic rings. The minimum absolute atomic E-state index is 0.247. The Morgan fingerprint density at radius 1 is 1.12 bits per heavy atom. The molecular formula is C12H22N4. The third-order valence-corrected chi connectivity index (χ3v) is 2.00. The molecule has 0 saturated carbocycles. The maximum atomic E-state index is 4.36. The van der Waals surface area contributed by atoms with Gasteiger partial charge in [-0.3, -0.25) is 0 Å². The Morgan fingerprint density at radius 2 is 1.69 bits per heavy atom. The first-order valence-electron chi connectivity index (χ1n) is 5.74. The van der Waals surface area contributed by atoms with Crippen LogP contribution in [-0.4, -0.2) is 23.1 Å². The smallest absolute Gasteiger partial charge is 0.131 e. The molecular weight excluding hydrogens is 200 g/mol. The molecule has 0 amide bonds. The molecule has 90 valence electrons. The second-order valence-corrected chi connectivity index (χ2v) is 5.13. The highest BCUT2D eigenvalue weighted by atomic mass is 15.1. The Balaban J connectivity index is 2.72. The summed E-state index contributed by atoms with van der Waals surface area (Å²) >= 11 is 0. The fraction of sp³-hybridized carbons (Fsp3) is 0.667. The molecule has 2 N–H and O–H groups in total. The van der Waals surface area contributed by atoms with E-state index < -0.39 is 0 Å². The lowest BCUT2D eigenvalue weighted by Crippen LogP contribution is -2.20. The Morgan fingerprint density at radius 3 is 2.19 bits per heavy atom. The highest BCUT2D eigenvalue weighted by molar-refractivity contribution is 5.47. The van der Waals surface area contributed by atoms with Crippen LogP contribution in [0.3, 0.4) is 0 Å². The number of nitrogens with zero attached hydrogens (tertiary/aromatic N) is 2. The number of hydrogen-bond acceptors (Lipinski definition) is 4. The van der Waals surface area contributed by atoms with Crippen LogP contribution in [-0.2, 0) is 0 Å². The quantitative estimate of drug-likeness (QED) is 0.822. The second-order valence-electron chi connectivity index (χ2n) is 5.13. The van der Waals surface area contributed by atoms with E-state index in [-0.39, 0.29) is 5.41 Å². The van der Waals surface area contributed by atoms with E-state index in [0.717, 1.165) is 30.5 Å². The summed E-state index contributed by atoms with van der Waals surface area (Å²) in [5, 5.41) is 6.53. The van der Waals surface area contributed by atoms with Crippen molar-refractivity contribution in [1.29, 1.82) is 0 Å². The Labute approximate surface area is 97.9 Å². The fourth-order valence-electron chi connectivity index (χ4n) is 1.29. The van der Waals surface area contributed by atoms with Crippen molar-refractivity contribution in [3.05, 3.63) is 11.9 Å². The van der Waals surface area contributed by atoms with Crippen molar-refractivity contribution in [2.45, 2.75) is 34.6 Å². The van der Waals surface area contributed by atoms with Crippen molar-refractivity contribution in [1.82, 2.24) is 9.97 Å². The number of aryl methyl sites for hydroxylation is 1. The van der Waals surface area contributed by atoms with Gasteiger partial charge in [0.1, 0.15) is 17.5 Å². The van der Waals surface area contributed by atoms with Crippen molar-refractivity contribution < 1.29 is 0 Å². The molecule has 0 aromatic carbocycles. The van der Waals surface area contributed by atoms with Gasteiger partial charge in [-0.15, -0.1) is 0 Å². The molecule has 0 aliphatic carbocycles. The van der Waals surface area contributed by atoms with Gasteiger partial charge >= 0.3 is 0 Å². The zero-order chi connectivity index (χ0) is 12.2. The third kappa shape index (κ3) is 4.47. The monoisotopic (exact) mass is 222 g/mol. The topological polar surface area (TPSA) is 49.8 Å². The lowest BCUT2D eigenvalue weighted by molar-refractivity contribution is 0.442. The van der Waals surface area contributed by atoms with Crippen LogP contribution >= 0.6 is 0 Å². The SMILES string of the molecule is CCNc1cc(NCC(C)(C)C)nc(C)n1. The van der Waals surface area contributed by atoms with E-state index in [1.807, 2.05) is 13.0 Å². The Bertz CT molecular complexity index is 341. The number of rotatable bonds is 4. The predicted molar refractivity (Wildman–Crippen MR) is 68.9 cm³/mol. The molecule has 0 aliphatic heterocycles. The first-order chi connectivity index (χ1) is 7.40. The molecule has 0 atom stereocenters. The largest absolute Gasteiger partial charge is 0.370 e. The Hall–Kier alpha value is -1.32. The molecule has 4 heteroatoms. The summed E-state index contributed by atoms with van der Waals surface area (Å²) in [5.41, 5.74) is 0.247. The minimum atomic E-state index is 0.247. The highest BCUT2D eigenvalue weighted by Crippen LogP contribution is 2.16. The predicted octanol–water partition coefficient (Wildman–Crippen LogP) is 2.67. The lowest BCUT2D eigenvalue weighted by Gasteiger charge is -2.19. The van der Waals surface area contributed by atoms with E-state index >= 15 is 0 Å². The number of anilines is 2. The molecule has 1 aromatic heterocycles. The van der Waals surface area contributed by atoms with Gasteiger partial charge < -0.3 is 10.6 Å². The van der Waals surface area contributed by atoms with E-state index in [4.69, 9.17) is 0 Å². The molecule has 0 unspecified atom stereocenters. The molecule has 0 bridgehead atoms. The van der Waals surface area contributed by atoms with Gasteiger partial charge in [0.15, 0.2) is 0 Å². The van der Waals surface area contributed by atoms with Crippen LogP contribution in [0.2, 0.25) is 0 Å². The second kappa shape index (κ2) is 5.14. The van der Waals surface area contributed by atoms with Gasteiger partial charge in [0.25, 0.3) is 0 Å². The average Bonchev–Trinajstić information content (AvgIpc) is 2.13. The van der Waals surface area contributed by atoms with Crippen molar-refractivity contribution >= 4 is 11.6 Å². The average molecular weight is 222 g/mol. The van der Waals surface area contributed by atoms with E-state index in [0.29, 0.717) is 0 Å². The highest BCUT2D eigenvalue weighted by Gasteiger charge is 2.10. The van der Waals surface area contributed by atoms with Crippen LogP contribution in [0, 0.1) is 12.3 Å². The van der Waals surface area contributed by atoms with Crippen molar-refractivity contribution in [3.63, 3.8) is 0 Å². The zero-order valence-corrected chi connectivity index (χ0v) is 10.9. The number of nitrogens with one attached hydrogen (secondary N) is 2. The van der Waals surface area contributed by atoms with Gasteiger partial charge in [-0.05, 0) is 19.3 Å². The molecule has 1 aromatic rings. The van der Waals surface area contributed by atoms with Gasteiger partial charge in [0.05, 0.1) is 0 Å². The van der Waals surface area contributed by atoms with E-state index in [9.17, 15) is 0 Å². The molecule has 1 heterocycles. The van der Waals surface area contributed by atoms with Gasteiger partial charge in [-0.1, -0.05) is 20.8 Å². The molecule has 0 fully saturated rings. The van der Waals surface area contributed by atoms with E-state index in [1.165, 1.54) is 0 Å². The van der Waals surface area contributed by atoms with Gasteiger partial charge in [0, 0.05) is 19.2 Å². The standard InChI is InChI=1S/C12H22N4/c1-6-13-10-7-11(16-9(2)15-10)14-8-12(3,4)5/h7H,6,8H2,1-5H3,(H2,13,14,15,16). The number of hydrogen-bond donors (Lipinski definition) is 2. The minimum Gasteiger partial charge on any atom is -0.370 e. The van der Waals surface area contributed by atoms with Gasteiger partial charge in [-0.2, -0.15) is 0 Å². The lowest BCUT2D eigenvalue weighted by atomic mass is 9.97. The van der Waals surface area contributed by atoms with Crippen LogP contribution in [0.4, 0.5) is 11.6 Å². The molecule has 16 heavy (non-hydrogen) atoms. The molecule has 1 rings (SSSR count). The van der Waals surface area contributed by atoms with Crippen LogP contribution in [0.1, 0.15) is 33.5 Å². The Kier molecular flexibility index (Phi) is 4.10.